The van der Waals surface area contributed by atoms with Crippen LogP contribution in [0, 0.1) is 12.8 Å². The third-order valence-electron chi connectivity index (χ3n) is 2.96. The number of methoxy groups -OCH3 is 1. The molecule has 0 spiro atoms. The van der Waals surface area contributed by atoms with Crippen LogP contribution in [-0.2, 0) is 19.6 Å². The van der Waals surface area contributed by atoms with Crippen LogP contribution in [-0.4, -0.2) is 27.5 Å². The Labute approximate surface area is 119 Å². The molecule has 0 bridgehead atoms. The summed E-state index contributed by atoms with van der Waals surface area (Å²) in [6.45, 7) is 5.24. The van der Waals surface area contributed by atoms with Crippen LogP contribution >= 0.6 is 0 Å². The summed E-state index contributed by atoms with van der Waals surface area (Å²) in [5.41, 5.74) is 6.88. The first-order valence-electron chi connectivity index (χ1n) is 6.15. The number of aryl methyl sites for hydroxylation is 1. The van der Waals surface area contributed by atoms with Gasteiger partial charge in [0.2, 0.25) is 10.0 Å². The average molecular weight is 300 g/mol. The number of carbonyl (C=O) groups is 1. The van der Waals surface area contributed by atoms with Gasteiger partial charge in [-0.3, -0.25) is 4.79 Å². The topological polar surface area (TPSA) is 98.5 Å². The number of esters is 1. The minimum Gasteiger partial charge on any atom is -0.468 e. The second-order valence-electron chi connectivity index (χ2n) is 4.88. The molecule has 1 aromatic carbocycles. The van der Waals surface area contributed by atoms with Gasteiger partial charge in [0.15, 0.2) is 0 Å². The lowest BCUT2D eigenvalue weighted by atomic mass is 10.1. The van der Waals surface area contributed by atoms with E-state index < -0.39 is 22.0 Å². The molecule has 0 amide bonds. The largest absolute Gasteiger partial charge is 0.468 e. The number of sulfonamides is 1. The van der Waals surface area contributed by atoms with Crippen molar-refractivity contribution < 1.29 is 17.9 Å². The summed E-state index contributed by atoms with van der Waals surface area (Å²) in [5, 5.41) is 0. The molecule has 6 nitrogen and oxygen atoms in total. The summed E-state index contributed by atoms with van der Waals surface area (Å²) in [4.78, 5) is 11.6. The Morgan fingerprint density at radius 3 is 2.40 bits per heavy atom. The molecule has 0 heterocycles. The first-order valence-corrected chi connectivity index (χ1v) is 7.63. The monoisotopic (exact) mass is 300 g/mol. The number of ether oxygens (including phenoxy) is 1. The standard InChI is InChI=1S/C13H20N2O4S/c1-8(2)12(13(16)19-4)15-20(17,18)10-6-5-9(3)11(14)7-10/h5-8,12,15H,14H2,1-4H3. The molecule has 0 saturated heterocycles. The van der Waals surface area contributed by atoms with E-state index in [0.717, 1.165) is 5.56 Å². The quantitative estimate of drug-likeness (QED) is 0.625. The van der Waals surface area contributed by atoms with Crippen LogP contribution in [0.15, 0.2) is 23.1 Å². The molecule has 1 aromatic rings. The van der Waals surface area contributed by atoms with Gasteiger partial charge in [-0.15, -0.1) is 0 Å². The Kier molecular flexibility index (Phi) is 5.13. The highest BCUT2D eigenvalue weighted by molar-refractivity contribution is 7.89. The van der Waals surface area contributed by atoms with Gasteiger partial charge in [-0.25, -0.2) is 8.42 Å². The second-order valence-corrected chi connectivity index (χ2v) is 6.60. The summed E-state index contributed by atoms with van der Waals surface area (Å²) < 4.78 is 31.5. The molecule has 3 N–H and O–H groups in total. The molecule has 0 aliphatic carbocycles. The molecule has 7 heteroatoms. The van der Waals surface area contributed by atoms with Gasteiger partial charge < -0.3 is 10.5 Å². The third-order valence-corrected chi connectivity index (χ3v) is 4.40. The van der Waals surface area contributed by atoms with Gasteiger partial charge in [0.05, 0.1) is 12.0 Å². The number of carbonyl (C=O) groups excluding carboxylic acids is 1. The van der Waals surface area contributed by atoms with Crippen molar-refractivity contribution >= 4 is 21.7 Å². The number of nitrogen functional groups attached to an aromatic ring is 1. The fraction of sp³-hybridized carbons (Fsp3) is 0.462. The molecule has 0 aromatic heterocycles. The number of nitrogens with one attached hydrogen (secondary N) is 1. The van der Waals surface area contributed by atoms with Crippen molar-refractivity contribution in [3.8, 4) is 0 Å². The van der Waals surface area contributed by atoms with E-state index in [-0.39, 0.29) is 10.8 Å². The minimum atomic E-state index is -3.83. The smallest absolute Gasteiger partial charge is 0.324 e. The fourth-order valence-electron chi connectivity index (χ4n) is 1.60. The van der Waals surface area contributed by atoms with E-state index in [1.54, 1.807) is 26.8 Å². The summed E-state index contributed by atoms with van der Waals surface area (Å²) in [5.74, 6) is -0.858. The van der Waals surface area contributed by atoms with Crippen molar-refractivity contribution in [1.82, 2.24) is 4.72 Å². The van der Waals surface area contributed by atoms with E-state index in [4.69, 9.17) is 5.73 Å². The Balaban J connectivity index is 3.09. The van der Waals surface area contributed by atoms with E-state index >= 15 is 0 Å². The van der Waals surface area contributed by atoms with Crippen LogP contribution in [0.1, 0.15) is 19.4 Å². The molecule has 0 aliphatic heterocycles. The Morgan fingerprint density at radius 2 is 1.95 bits per heavy atom. The highest BCUT2D eigenvalue weighted by atomic mass is 32.2. The third kappa shape index (κ3) is 3.71. The maximum Gasteiger partial charge on any atom is 0.324 e. The number of nitrogens with two attached hydrogens (primary N) is 1. The zero-order chi connectivity index (χ0) is 15.5. The number of hydrogen-bond acceptors (Lipinski definition) is 5. The molecule has 1 rings (SSSR count). The van der Waals surface area contributed by atoms with Gasteiger partial charge in [-0.2, -0.15) is 4.72 Å². The van der Waals surface area contributed by atoms with E-state index in [2.05, 4.69) is 9.46 Å². The SMILES string of the molecule is COC(=O)C(NS(=O)(=O)c1ccc(C)c(N)c1)C(C)C. The molecule has 0 fully saturated rings. The second kappa shape index (κ2) is 6.23. The zero-order valence-corrected chi connectivity index (χ0v) is 12.8. The predicted octanol–water partition coefficient (Wildman–Crippen LogP) is 1.05. The number of rotatable bonds is 5. The van der Waals surface area contributed by atoms with Crippen molar-refractivity contribution in [1.29, 1.82) is 0 Å². The molecule has 20 heavy (non-hydrogen) atoms. The van der Waals surface area contributed by atoms with Crippen LogP contribution in [0.4, 0.5) is 5.69 Å². The summed E-state index contributed by atoms with van der Waals surface area (Å²) >= 11 is 0. The molecule has 0 aliphatic rings. The lowest BCUT2D eigenvalue weighted by Gasteiger charge is -2.20. The summed E-state index contributed by atoms with van der Waals surface area (Å²) in [6, 6.07) is 3.49. The van der Waals surface area contributed by atoms with Crippen LogP contribution in [0.3, 0.4) is 0 Å². The maximum absolute atomic E-state index is 12.3. The van der Waals surface area contributed by atoms with Crippen molar-refractivity contribution in [2.75, 3.05) is 12.8 Å². The van der Waals surface area contributed by atoms with Crippen LogP contribution in [0.25, 0.3) is 0 Å². The van der Waals surface area contributed by atoms with E-state index in [1.165, 1.54) is 19.2 Å². The maximum atomic E-state index is 12.3. The van der Waals surface area contributed by atoms with Gasteiger partial charge in [-0.1, -0.05) is 19.9 Å². The van der Waals surface area contributed by atoms with E-state index in [0.29, 0.717) is 5.69 Å². The molecule has 1 atom stereocenters. The predicted molar refractivity (Wildman–Crippen MR) is 76.6 cm³/mol. The summed E-state index contributed by atoms with van der Waals surface area (Å²) in [6.07, 6.45) is 0. The molecule has 1 unspecified atom stereocenters. The van der Waals surface area contributed by atoms with Gasteiger partial charge in [0, 0.05) is 5.69 Å². The van der Waals surface area contributed by atoms with Crippen LogP contribution in [0.2, 0.25) is 0 Å². The average Bonchev–Trinajstić information content (AvgIpc) is 2.38. The van der Waals surface area contributed by atoms with Crippen molar-refractivity contribution in [2.24, 2.45) is 5.92 Å². The van der Waals surface area contributed by atoms with E-state index in [9.17, 15) is 13.2 Å². The molecule has 112 valence electrons. The highest BCUT2D eigenvalue weighted by Crippen LogP contribution is 2.18. The minimum absolute atomic E-state index is 0.0233. The molecular weight excluding hydrogens is 280 g/mol. The van der Waals surface area contributed by atoms with Gasteiger partial charge in [-0.05, 0) is 30.5 Å². The normalized spacial score (nSPS) is 13.2. The Hall–Kier alpha value is -1.60. The Bertz CT molecular complexity index is 596. The molecule has 0 radical (unpaired) electrons. The zero-order valence-electron chi connectivity index (χ0n) is 12.0. The van der Waals surface area contributed by atoms with Gasteiger partial charge in [0.1, 0.15) is 6.04 Å². The van der Waals surface area contributed by atoms with Crippen LogP contribution < -0.4 is 10.5 Å². The Morgan fingerprint density at radius 1 is 1.35 bits per heavy atom. The van der Waals surface area contributed by atoms with Crippen molar-refractivity contribution in [2.45, 2.75) is 31.7 Å². The van der Waals surface area contributed by atoms with Gasteiger partial charge >= 0.3 is 5.97 Å². The number of anilines is 1. The number of benzene rings is 1. The first-order chi connectivity index (χ1) is 9.19. The van der Waals surface area contributed by atoms with Crippen molar-refractivity contribution in [3.63, 3.8) is 0 Å². The molecule has 0 saturated carbocycles. The van der Waals surface area contributed by atoms with Crippen molar-refractivity contribution in [3.05, 3.63) is 23.8 Å². The molecular formula is C13H20N2O4S. The lowest BCUT2D eigenvalue weighted by Crippen LogP contribution is -2.44. The number of hydrogen-bond donors (Lipinski definition) is 2. The van der Waals surface area contributed by atoms with Gasteiger partial charge in [0.25, 0.3) is 0 Å². The lowest BCUT2D eigenvalue weighted by molar-refractivity contribution is -0.143. The highest BCUT2D eigenvalue weighted by Gasteiger charge is 2.29. The first kappa shape index (κ1) is 16.5. The summed E-state index contributed by atoms with van der Waals surface area (Å²) in [7, 11) is -2.61. The fourth-order valence-corrected chi connectivity index (χ4v) is 2.97. The van der Waals surface area contributed by atoms with E-state index in [1.807, 2.05) is 0 Å². The van der Waals surface area contributed by atoms with Crippen LogP contribution in [0.5, 0.6) is 0 Å².